The van der Waals surface area contributed by atoms with Crippen LogP contribution in [0.5, 0.6) is 0 Å². The fraction of sp³-hybridized carbons (Fsp3) is 0.393. The van der Waals surface area contributed by atoms with Gasteiger partial charge in [0.05, 0.1) is 17.7 Å². The number of esters is 2. The van der Waals surface area contributed by atoms with E-state index in [1.54, 1.807) is 36.4 Å². The molecule has 0 aromatic heterocycles. The van der Waals surface area contributed by atoms with Crippen LogP contribution in [0.25, 0.3) is 0 Å². The van der Waals surface area contributed by atoms with Crippen molar-refractivity contribution in [3.63, 3.8) is 0 Å². The second kappa shape index (κ2) is 11.9. The maximum absolute atomic E-state index is 13.5. The molecule has 39 heavy (non-hydrogen) atoms. The van der Waals surface area contributed by atoms with Gasteiger partial charge in [-0.3, -0.25) is 24.1 Å². The smallest absolute Gasteiger partial charge is 0.339 e. The van der Waals surface area contributed by atoms with E-state index in [2.05, 4.69) is 19.6 Å². The molecule has 2 aromatic rings. The first kappa shape index (κ1) is 28.2. The van der Waals surface area contributed by atoms with Gasteiger partial charge in [0.25, 0.3) is 17.7 Å². The fourth-order valence-electron chi connectivity index (χ4n) is 4.35. The lowest BCUT2D eigenvalue weighted by atomic mass is 10.0. The Bertz CT molecular complexity index is 1160. The van der Waals surface area contributed by atoms with Crippen molar-refractivity contribution in [2.45, 2.75) is 56.8 Å². The van der Waals surface area contributed by atoms with Crippen LogP contribution in [0, 0.1) is 0 Å². The normalized spacial score (nSPS) is 21.7. The maximum atomic E-state index is 13.5. The number of nitrogens with zero attached hydrogens (tertiary/aromatic N) is 2. The molecule has 206 valence electrons. The Balaban J connectivity index is 1.57. The van der Waals surface area contributed by atoms with Gasteiger partial charge < -0.3 is 9.47 Å². The van der Waals surface area contributed by atoms with E-state index in [0.29, 0.717) is 19.6 Å². The molecule has 2 aromatic carbocycles. The number of hydrogen-bond acceptors (Lipinski definition) is 8. The summed E-state index contributed by atoms with van der Waals surface area (Å²) >= 11 is 0. The molecule has 2 heterocycles. The number of rotatable bonds is 9. The van der Waals surface area contributed by atoms with E-state index in [1.165, 1.54) is 29.3 Å². The number of hydrogen-bond donors (Lipinski definition) is 0. The van der Waals surface area contributed by atoms with Gasteiger partial charge >= 0.3 is 11.9 Å². The van der Waals surface area contributed by atoms with Crippen molar-refractivity contribution in [1.82, 2.24) is 9.96 Å². The first-order valence-electron chi connectivity index (χ1n) is 12.9. The summed E-state index contributed by atoms with van der Waals surface area (Å²) in [7, 11) is -1.41. The summed E-state index contributed by atoms with van der Waals surface area (Å²) in [6, 6.07) is 15.5. The Labute approximate surface area is 227 Å². The zero-order valence-corrected chi connectivity index (χ0v) is 23.2. The number of amides is 3. The van der Waals surface area contributed by atoms with E-state index in [9.17, 15) is 24.0 Å². The van der Waals surface area contributed by atoms with E-state index >= 15 is 0 Å². The predicted octanol–water partition coefficient (Wildman–Crippen LogP) is 3.07. The van der Waals surface area contributed by atoms with Crippen LogP contribution in [0.2, 0.25) is 25.7 Å². The number of benzene rings is 2. The van der Waals surface area contributed by atoms with Gasteiger partial charge in [-0.25, -0.2) is 14.7 Å². The zero-order valence-electron chi connectivity index (χ0n) is 22.2. The first-order valence-corrected chi connectivity index (χ1v) is 16.6. The van der Waals surface area contributed by atoms with E-state index < -0.39 is 56.0 Å². The minimum atomic E-state index is -1.74. The van der Waals surface area contributed by atoms with Crippen LogP contribution in [0.15, 0.2) is 60.7 Å². The van der Waals surface area contributed by atoms with Gasteiger partial charge in [-0.2, -0.15) is 0 Å². The number of ether oxygens (including phenoxy) is 2. The number of hydroxylamine groups is 2. The summed E-state index contributed by atoms with van der Waals surface area (Å²) in [5.41, 5.74) is 0.306. The van der Waals surface area contributed by atoms with Gasteiger partial charge in [0, 0.05) is 14.6 Å². The monoisotopic (exact) mass is 552 g/mol. The summed E-state index contributed by atoms with van der Waals surface area (Å²) in [6.07, 6.45) is -2.78. The number of carbonyl (C=O) groups is 5. The lowest BCUT2D eigenvalue weighted by Crippen LogP contribution is -2.55. The molecule has 11 heteroatoms. The van der Waals surface area contributed by atoms with Gasteiger partial charge in [0.1, 0.15) is 6.04 Å². The van der Waals surface area contributed by atoms with Crippen molar-refractivity contribution < 1.29 is 38.3 Å². The average molecular weight is 553 g/mol. The summed E-state index contributed by atoms with van der Waals surface area (Å²) in [5.74, 6) is -4.11. The minimum Gasteiger partial charge on any atom is -0.444 e. The molecule has 0 aliphatic carbocycles. The third-order valence-corrected chi connectivity index (χ3v) is 8.21. The standard InChI is InChI=1S/C28H32N2O8Si/c1-39(2,3)18-17-36-29-16-10-15-21(24(29)31)30-25(32)22(37-27(34)19-11-6-4-7-12-19)23(26(30)33)38-28(35)20-13-8-5-9-14-20/h4-9,11-14,21-23H,10,15-18H2,1-3H3/t21-,22?,23?/m0/s1. The molecule has 2 saturated heterocycles. The summed E-state index contributed by atoms with van der Waals surface area (Å²) in [6.45, 7) is 7.24. The number of likely N-dealkylation sites (tertiary alicyclic amines) is 1. The quantitative estimate of drug-likeness (QED) is 0.265. The van der Waals surface area contributed by atoms with Gasteiger partial charge in [-0.05, 0) is 43.2 Å². The molecule has 0 saturated carbocycles. The maximum Gasteiger partial charge on any atom is 0.339 e. The van der Waals surface area contributed by atoms with E-state index in [0.717, 1.165) is 10.9 Å². The largest absolute Gasteiger partial charge is 0.444 e. The minimum absolute atomic E-state index is 0.153. The molecular weight excluding hydrogens is 520 g/mol. The Morgan fingerprint density at radius 1 is 0.795 bits per heavy atom. The highest BCUT2D eigenvalue weighted by Crippen LogP contribution is 2.29. The van der Waals surface area contributed by atoms with Gasteiger partial charge in [-0.1, -0.05) is 56.0 Å². The Morgan fingerprint density at radius 2 is 1.28 bits per heavy atom. The van der Waals surface area contributed by atoms with Crippen LogP contribution in [-0.2, 0) is 28.7 Å². The van der Waals surface area contributed by atoms with Gasteiger partial charge in [-0.15, -0.1) is 0 Å². The van der Waals surface area contributed by atoms with E-state index in [1.807, 2.05) is 0 Å². The highest BCUT2D eigenvalue weighted by atomic mass is 28.3. The first-order chi connectivity index (χ1) is 18.6. The van der Waals surface area contributed by atoms with Gasteiger partial charge in [0.2, 0.25) is 12.2 Å². The number of piperidine rings is 1. The number of carbonyl (C=O) groups excluding carboxylic acids is 5. The van der Waals surface area contributed by atoms with Crippen LogP contribution in [0.1, 0.15) is 33.6 Å². The summed E-state index contributed by atoms with van der Waals surface area (Å²) in [5, 5.41) is 1.20. The predicted molar refractivity (Wildman–Crippen MR) is 142 cm³/mol. The Hall–Kier alpha value is -3.83. The molecule has 4 rings (SSSR count). The Morgan fingerprint density at radius 3 is 1.74 bits per heavy atom. The molecule has 0 spiro atoms. The van der Waals surface area contributed by atoms with Crippen molar-refractivity contribution in [2.75, 3.05) is 13.2 Å². The van der Waals surface area contributed by atoms with Crippen molar-refractivity contribution >= 4 is 37.7 Å². The van der Waals surface area contributed by atoms with Crippen molar-refractivity contribution in [3.05, 3.63) is 71.8 Å². The second-order valence-electron chi connectivity index (χ2n) is 10.7. The van der Waals surface area contributed by atoms with Crippen LogP contribution in [0.3, 0.4) is 0 Å². The van der Waals surface area contributed by atoms with E-state index in [4.69, 9.17) is 14.3 Å². The molecule has 0 N–H and O–H groups in total. The van der Waals surface area contributed by atoms with Gasteiger partial charge in [0.15, 0.2) is 0 Å². The van der Waals surface area contributed by atoms with Crippen LogP contribution in [-0.4, -0.2) is 79.1 Å². The van der Waals surface area contributed by atoms with Crippen molar-refractivity contribution in [1.29, 1.82) is 0 Å². The van der Waals surface area contributed by atoms with Crippen LogP contribution in [0.4, 0.5) is 0 Å². The van der Waals surface area contributed by atoms with Crippen molar-refractivity contribution in [3.8, 4) is 0 Å². The zero-order chi connectivity index (χ0) is 28.2. The second-order valence-corrected chi connectivity index (χ2v) is 16.3. The molecule has 3 amide bonds. The molecule has 0 radical (unpaired) electrons. The average Bonchev–Trinajstić information content (AvgIpc) is 3.13. The molecule has 2 aliphatic rings. The molecule has 2 aliphatic heterocycles. The fourth-order valence-corrected chi connectivity index (χ4v) is 5.05. The molecule has 2 fully saturated rings. The third-order valence-electron chi connectivity index (χ3n) is 6.50. The lowest BCUT2D eigenvalue weighted by molar-refractivity contribution is -0.198. The molecule has 0 bridgehead atoms. The molecule has 10 nitrogen and oxygen atoms in total. The lowest BCUT2D eigenvalue weighted by Gasteiger charge is -2.35. The Kier molecular flexibility index (Phi) is 8.61. The third kappa shape index (κ3) is 6.60. The number of imide groups is 1. The van der Waals surface area contributed by atoms with E-state index in [-0.39, 0.29) is 17.5 Å². The highest BCUT2D eigenvalue weighted by Gasteiger charge is 2.57. The molecular formula is C28H32N2O8Si. The highest BCUT2D eigenvalue weighted by molar-refractivity contribution is 6.76. The van der Waals surface area contributed by atoms with Crippen LogP contribution >= 0.6 is 0 Å². The summed E-state index contributed by atoms with van der Waals surface area (Å²) < 4.78 is 10.9. The molecule has 3 atom stereocenters. The topological polar surface area (TPSA) is 120 Å². The van der Waals surface area contributed by atoms with Crippen LogP contribution < -0.4 is 0 Å². The van der Waals surface area contributed by atoms with Crippen molar-refractivity contribution in [2.24, 2.45) is 0 Å². The molecule has 2 unspecified atom stereocenters. The SMILES string of the molecule is C[Si](C)(C)CCON1CCC[C@H](N2C(=O)C(OC(=O)c3ccccc3)C(OC(=O)c3ccccc3)C2=O)C1=O. The summed E-state index contributed by atoms with van der Waals surface area (Å²) in [4.78, 5) is 72.5.